The standard InChI is InChI=1S/C17H26N2O4/c1-11-8-12(18-14(20)22-16(2,3)4)10-13(9-11)19-15(21)23-17(5,6)7/h8-10H,1-7H3,(H,18,20)(H,19,21). The lowest BCUT2D eigenvalue weighted by Crippen LogP contribution is -2.28. The van der Waals surface area contributed by atoms with Gasteiger partial charge in [-0.05, 0) is 72.2 Å². The quantitative estimate of drug-likeness (QED) is 0.828. The zero-order valence-electron chi connectivity index (χ0n) is 14.9. The van der Waals surface area contributed by atoms with Crippen molar-refractivity contribution in [1.29, 1.82) is 0 Å². The minimum atomic E-state index is -0.578. The van der Waals surface area contributed by atoms with Gasteiger partial charge in [0, 0.05) is 11.4 Å². The van der Waals surface area contributed by atoms with Crippen LogP contribution in [0.1, 0.15) is 47.1 Å². The maximum atomic E-state index is 11.8. The number of hydrogen-bond donors (Lipinski definition) is 2. The summed E-state index contributed by atoms with van der Waals surface area (Å²) in [5, 5.41) is 5.30. The third-order valence-electron chi connectivity index (χ3n) is 2.37. The van der Waals surface area contributed by atoms with Crippen LogP contribution in [0.2, 0.25) is 0 Å². The molecule has 1 aromatic carbocycles. The van der Waals surface area contributed by atoms with Crippen LogP contribution in [0.4, 0.5) is 21.0 Å². The van der Waals surface area contributed by atoms with Gasteiger partial charge in [0.1, 0.15) is 11.2 Å². The number of amides is 2. The summed E-state index contributed by atoms with van der Waals surface area (Å²) in [5.74, 6) is 0. The number of carbonyl (C=O) groups is 2. The maximum absolute atomic E-state index is 11.8. The Morgan fingerprint density at radius 1 is 0.783 bits per heavy atom. The molecule has 0 aliphatic rings. The summed E-state index contributed by atoms with van der Waals surface area (Å²) in [6.45, 7) is 12.6. The highest BCUT2D eigenvalue weighted by Crippen LogP contribution is 2.20. The molecule has 0 atom stereocenters. The smallest absolute Gasteiger partial charge is 0.412 e. The van der Waals surface area contributed by atoms with Crippen LogP contribution >= 0.6 is 0 Å². The molecule has 0 heterocycles. The van der Waals surface area contributed by atoms with Crippen molar-refractivity contribution < 1.29 is 19.1 Å². The van der Waals surface area contributed by atoms with Crippen LogP contribution in [-0.4, -0.2) is 23.4 Å². The normalized spacial score (nSPS) is 11.6. The van der Waals surface area contributed by atoms with E-state index in [0.717, 1.165) is 5.56 Å². The Morgan fingerprint density at radius 3 is 1.43 bits per heavy atom. The minimum absolute atomic E-state index is 0.533. The van der Waals surface area contributed by atoms with E-state index in [9.17, 15) is 9.59 Å². The monoisotopic (exact) mass is 322 g/mol. The van der Waals surface area contributed by atoms with Gasteiger partial charge in [-0.2, -0.15) is 0 Å². The summed E-state index contributed by atoms with van der Waals surface area (Å²) in [4.78, 5) is 23.6. The molecule has 0 unspecified atom stereocenters. The topological polar surface area (TPSA) is 76.7 Å². The second-order valence-corrected chi connectivity index (χ2v) is 7.34. The molecule has 0 bridgehead atoms. The van der Waals surface area contributed by atoms with Crippen molar-refractivity contribution in [1.82, 2.24) is 0 Å². The average molecular weight is 322 g/mol. The molecule has 0 saturated carbocycles. The summed E-state index contributed by atoms with van der Waals surface area (Å²) in [5.41, 5.74) is 0.789. The molecule has 0 radical (unpaired) electrons. The van der Waals surface area contributed by atoms with Gasteiger partial charge in [0.05, 0.1) is 0 Å². The SMILES string of the molecule is Cc1cc(NC(=O)OC(C)(C)C)cc(NC(=O)OC(C)(C)C)c1. The zero-order valence-corrected chi connectivity index (χ0v) is 14.9. The van der Waals surface area contributed by atoms with E-state index in [4.69, 9.17) is 9.47 Å². The first kappa shape index (κ1) is 18.8. The Hall–Kier alpha value is -2.24. The molecule has 1 rings (SSSR count). The highest BCUT2D eigenvalue weighted by molar-refractivity contribution is 5.89. The van der Waals surface area contributed by atoms with E-state index in [-0.39, 0.29) is 0 Å². The van der Waals surface area contributed by atoms with Crippen LogP contribution in [0.5, 0.6) is 0 Å². The third kappa shape index (κ3) is 8.09. The van der Waals surface area contributed by atoms with E-state index >= 15 is 0 Å². The molecule has 0 aliphatic heterocycles. The highest BCUT2D eigenvalue weighted by atomic mass is 16.6. The van der Waals surface area contributed by atoms with Crippen molar-refractivity contribution in [3.63, 3.8) is 0 Å². The largest absolute Gasteiger partial charge is 0.444 e. The number of rotatable bonds is 2. The first-order valence-corrected chi connectivity index (χ1v) is 7.46. The molecule has 0 aliphatic carbocycles. The van der Waals surface area contributed by atoms with E-state index in [1.165, 1.54) is 0 Å². The van der Waals surface area contributed by atoms with Gasteiger partial charge in [-0.1, -0.05) is 0 Å². The summed E-state index contributed by atoms with van der Waals surface area (Å²) >= 11 is 0. The molecule has 2 amide bonds. The zero-order chi connectivity index (χ0) is 17.8. The Balaban J connectivity index is 2.79. The fraction of sp³-hybridized carbons (Fsp3) is 0.529. The molecular weight excluding hydrogens is 296 g/mol. The minimum Gasteiger partial charge on any atom is -0.444 e. The second-order valence-electron chi connectivity index (χ2n) is 7.34. The first-order chi connectivity index (χ1) is 10.3. The molecule has 128 valence electrons. The van der Waals surface area contributed by atoms with Crippen LogP contribution in [-0.2, 0) is 9.47 Å². The highest BCUT2D eigenvalue weighted by Gasteiger charge is 2.18. The van der Waals surface area contributed by atoms with Gasteiger partial charge in [0.25, 0.3) is 0 Å². The van der Waals surface area contributed by atoms with Crippen LogP contribution in [0, 0.1) is 6.92 Å². The summed E-state index contributed by atoms with van der Waals surface area (Å²) < 4.78 is 10.4. The summed E-state index contributed by atoms with van der Waals surface area (Å²) in [6, 6.07) is 5.20. The second kappa shape index (κ2) is 6.89. The van der Waals surface area contributed by atoms with Gasteiger partial charge < -0.3 is 9.47 Å². The number of hydrogen-bond acceptors (Lipinski definition) is 4. The summed E-state index contributed by atoms with van der Waals surface area (Å²) in [6.07, 6.45) is -1.10. The molecule has 0 saturated heterocycles. The summed E-state index contributed by atoms with van der Waals surface area (Å²) in [7, 11) is 0. The van der Waals surface area contributed by atoms with Gasteiger partial charge >= 0.3 is 12.2 Å². The van der Waals surface area contributed by atoms with Gasteiger partial charge in [-0.3, -0.25) is 10.6 Å². The molecule has 6 heteroatoms. The fourth-order valence-electron chi connectivity index (χ4n) is 1.77. The molecule has 0 fully saturated rings. The number of anilines is 2. The molecule has 2 N–H and O–H groups in total. The van der Waals surface area contributed by atoms with Crippen LogP contribution in [0.3, 0.4) is 0 Å². The van der Waals surface area contributed by atoms with Crippen molar-refractivity contribution >= 4 is 23.6 Å². The molecule has 23 heavy (non-hydrogen) atoms. The lowest BCUT2D eigenvalue weighted by Gasteiger charge is -2.21. The van der Waals surface area contributed by atoms with Crippen LogP contribution < -0.4 is 10.6 Å². The predicted molar refractivity (Wildman–Crippen MR) is 90.9 cm³/mol. The number of nitrogens with one attached hydrogen (secondary N) is 2. The first-order valence-electron chi connectivity index (χ1n) is 7.46. The van der Waals surface area contributed by atoms with Crippen molar-refractivity contribution in [2.75, 3.05) is 10.6 Å². The average Bonchev–Trinajstić information content (AvgIpc) is 2.20. The molecule has 0 aromatic heterocycles. The van der Waals surface area contributed by atoms with Crippen molar-refractivity contribution in [2.45, 2.75) is 59.7 Å². The molecular formula is C17H26N2O4. The van der Waals surface area contributed by atoms with Crippen LogP contribution in [0.25, 0.3) is 0 Å². The van der Waals surface area contributed by atoms with Crippen molar-refractivity contribution in [3.05, 3.63) is 23.8 Å². The Labute approximate surface area is 137 Å². The van der Waals surface area contributed by atoms with E-state index in [1.807, 2.05) is 6.92 Å². The lowest BCUT2D eigenvalue weighted by molar-refractivity contribution is 0.0625. The molecule has 6 nitrogen and oxygen atoms in total. The van der Waals surface area contributed by atoms with Crippen molar-refractivity contribution in [3.8, 4) is 0 Å². The lowest BCUT2D eigenvalue weighted by atomic mass is 10.2. The number of ether oxygens (including phenoxy) is 2. The molecule has 0 spiro atoms. The Morgan fingerprint density at radius 2 is 1.13 bits per heavy atom. The van der Waals surface area contributed by atoms with Crippen LogP contribution in [0.15, 0.2) is 18.2 Å². The van der Waals surface area contributed by atoms with E-state index < -0.39 is 23.4 Å². The van der Waals surface area contributed by atoms with Gasteiger partial charge in [0.15, 0.2) is 0 Å². The number of carbonyl (C=O) groups excluding carboxylic acids is 2. The van der Waals surface area contributed by atoms with E-state index in [2.05, 4.69) is 10.6 Å². The molecule has 1 aromatic rings. The number of aryl methyl sites for hydroxylation is 1. The predicted octanol–water partition coefficient (Wildman–Crippen LogP) is 4.69. The fourth-order valence-corrected chi connectivity index (χ4v) is 1.77. The van der Waals surface area contributed by atoms with Gasteiger partial charge in [-0.25, -0.2) is 9.59 Å². The third-order valence-corrected chi connectivity index (χ3v) is 2.37. The van der Waals surface area contributed by atoms with Crippen molar-refractivity contribution in [2.24, 2.45) is 0 Å². The number of benzene rings is 1. The van der Waals surface area contributed by atoms with E-state index in [1.54, 1.807) is 59.7 Å². The van der Waals surface area contributed by atoms with Gasteiger partial charge in [-0.15, -0.1) is 0 Å². The Bertz CT molecular complexity index is 535. The van der Waals surface area contributed by atoms with Gasteiger partial charge in [0.2, 0.25) is 0 Å². The Kier molecular flexibility index (Phi) is 5.64. The van der Waals surface area contributed by atoms with E-state index in [0.29, 0.717) is 11.4 Å². The maximum Gasteiger partial charge on any atom is 0.412 e.